The van der Waals surface area contributed by atoms with Gasteiger partial charge in [0.15, 0.2) is 0 Å². The molecule has 1 aromatic rings. The predicted octanol–water partition coefficient (Wildman–Crippen LogP) is 4.19. The van der Waals surface area contributed by atoms with Gasteiger partial charge < -0.3 is 5.32 Å². The summed E-state index contributed by atoms with van der Waals surface area (Å²) in [5.74, 6) is 0.986. The molecule has 2 aliphatic rings. The van der Waals surface area contributed by atoms with Gasteiger partial charge in [0.2, 0.25) is 0 Å². The number of hydrogen-bond donors (Lipinski definition) is 1. The van der Waals surface area contributed by atoms with E-state index in [9.17, 15) is 0 Å². The van der Waals surface area contributed by atoms with E-state index in [1.807, 2.05) is 0 Å². The molecule has 2 nitrogen and oxygen atoms in total. The van der Waals surface area contributed by atoms with Crippen LogP contribution in [0.4, 0.5) is 0 Å². The Kier molecular flexibility index (Phi) is 7.49. The third kappa shape index (κ3) is 4.13. The van der Waals surface area contributed by atoms with E-state index in [0.717, 1.165) is 25.6 Å². The van der Waals surface area contributed by atoms with Crippen molar-refractivity contribution >= 4 is 24.8 Å². The van der Waals surface area contributed by atoms with E-state index in [1.165, 1.54) is 24.8 Å². The van der Waals surface area contributed by atoms with Crippen molar-refractivity contribution in [3.63, 3.8) is 0 Å². The van der Waals surface area contributed by atoms with Crippen LogP contribution in [0.5, 0.6) is 0 Å². The quantitative estimate of drug-likeness (QED) is 0.841. The van der Waals surface area contributed by atoms with Crippen LogP contribution in [0.2, 0.25) is 0 Å². The molecule has 2 atom stereocenters. The first-order valence-electron chi connectivity index (χ1n) is 7.88. The molecule has 0 radical (unpaired) electrons. The van der Waals surface area contributed by atoms with Gasteiger partial charge >= 0.3 is 0 Å². The van der Waals surface area contributed by atoms with Crippen molar-refractivity contribution in [2.24, 2.45) is 5.92 Å². The van der Waals surface area contributed by atoms with Crippen LogP contribution < -0.4 is 5.32 Å². The largest absolute Gasteiger partial charge is 0.304 e. The molecule has 0 aromatic heterocycles. The van der Waals surface area contributed by atoms with E-state index in [1.54, 1.807) is 5.56 Å². The second-order valence-corrected chi connectivity index (χ2v) is 6.03. The zero-order valence-corrected chi connectivity index (χ0v) is 14.7. The summed E-state index contributed by atoms with van der Waals surface area (Å²) < 4.78 is 0. The number of likely N-dealkylation sites (N-methyl/N-ethyl adjacent to an activating group) is 1. The summed E-state index contributed by atoms with van der Waals surface area (Å²) in [7, 11) is 0. The first kappa shape index (κ1) is 18.8. The van der Waals surface area contributed by atoms with Gasteiger partial charge in [-0.05, 0) is 36.6 Å². The van der Waals surface area contributed by atoms with Gasteiger partial charge in [-0.1, -0.05) is 51.0 Å². The first-order chi connectivity index (χ1) is 9.33. The minimum Gasteiger partial charge on any atom is -0.304 e. The minimum absolute atomic E-state index is 0. The highest BCUT2D eigenvalue weighted by Crippen LogP contribution is 2.40. The average molecular weight is 331 g/mol. The van der Waals surface area contributed by atoms with Gasteiger partial charge in [0.05, 0.1) is 0 Å². The molecular weight excluding hydrogens is 303 g/mol. The van der Waals surface area contributed by atoms with Crippen LogP contribution in [0.15, 0.2) is 24.3 Å². The molecule has 1 saturated carbocycles. The zero-order chi connectivity index (χ0) is 13.2. The van der Waals surface area contributed by atoms with Crippen molar-refractivity contribution in [2.45, 2.75) is 51.7 Å². The molecule has 1 aromatic carbocycles. The highest BCUT2D eigenvalue weighted by molar-refractivity contribution is 5.85. The molecule has 1 fully saturated rings. The maximum Gasteiger partial charge on any atom is 0.0484 e. The molecule has 1 heterocycles. The van der Waals surface area contributed by atoms with E-state index in [4.69, 9.17) is 0 Å². The zero-order valence-electron chi connectivity index (χ0n) is 13.0. The predicted molar refractivity (Wildman–Crippen MR) is 94.6 cm³/mol. The number of nitrogens with zero attached hydrogens (tertiary/aromatic N) is 1. The highest BCUT2D eigenvalue weighted by atomic mass is 35.5. The van der Waals surface area contributed by atoms with Crippen LogP contribution in [-0.2, 0) is 6.54 Å². The molecule has 0 spiro atoms. The number of hydrogen-bond acceptors (Lipinski definition) is 2. The van der Waals surface area contributed by atoms with Crippen molar-refractivity contribution in [1.29, 1.82) is 0 Å². The third-order valence-corrected chi connectivity index (χ3v) is 4.84. The van der Waals surface area contributed by atoms with E-state index >= 15 is 0 Å². The minimum atomic E-state index is 0. The molecule has 0 amide bonds. The second-order valence-electron chi connectivity index (χ2n) is 6.03. The lowest BCUT2D eigenvalue weighted by atomic mass is 9.94. The van der Waals surface area contributed by atoms with Crippen LogP contribution >= 0.6 is 24.8 Å². The Labute approximate surface area is 141 Å². The van der Waals surface area contributed by atoms with Gasteiger partial charge in [0.1, 0.15) is 0 Å². The molecule has 2 unspecified atom stereocenters. The Morgan fingerprint density at radius 2 is 1.81 bits per heavy atom. The lowest BCUT2D eigenvalue weighted by molar-refractivity contribution is 0.160. The van der Waals surface area contributed by atoms with Crippen molar-refractivity contribution in [3.8, 4) is 0 Å². The van der Waals surface area contributed by atoms with E-state index in [-0.39, 0.29) is 24.8 Å². The Hall–Kier alpha value is -0.280. The van der Waals surface area contributed by atoms with Crippen LogP contribution in [0, 0.1) is 5.92 Å². The van der Waals surface area contributed by atoms with Crippen molar-refractivity contribution in [1.82, 2.24) is 10.2 Å². The fourth-order valence-corrected chi connectivity index (χ4v) is 3.56. The van der Waals surface area contributed by atoms with Gasteiger partial charge in [-0.25, -0.2) is 0 Å². The lowest BCUT2D eigenvalue weighted by Crippen LogP contribution is -2.43. The molecule has 0 bridgehead atoms. The Balaban J connectivity index is 0.00000110. The molecule has 4 heteroatoms. The maximum atomic E-state index is 3.76. The van der Waals surface area contributed by atoms with Gasteiger partial charge in [0.25, 0.3) is 0 Å². The number of fused-ring (bicyclic) bond motifs is 1. The molecular formula is C17H28Cl2N2. The number of rotatable bonds is 6. The monoisotopic (exact) mass is 330 g/mol. The first-order valence-corrected chi connectivity index (χ1v) is 7.88. The number of halogens is 2. The van der Waals surface area contributed by atoms with Gasteiger partial charge in [-0.15, -0.1) is 24.8 Å². The standard InChI is InChI=1S/C17H26N2.2ClH/c1-3-19(4-2)16(11-13-9-10-13)17-15-8-6-5-7-14(15)12-18-17;;/h5-8,13,16-18H,3-4,9-12H2,1-2H3;2*1H. The summed E-state index contributed by atoms with van der Waals surface area (Å²) in [5, 5.41) is 3.76. The summed E-state index contributed by atoms with van der Waals surface area (Å²) in [5.41, 5.74) is 3.04. The van der Waals surface area contributed by atoms with E-state index in [2.05, 4.69) is 48.3 Å². The maximum absolute atomic E-state index is 3.76. The highest BCUT2D eigenvalue weighted by Gasteiger charge is 2.36. The molecule has 1 N–H and O–H groups in total. The normalized spacial score (nSPS) is 21.4. The summed E-state index contributed by atoms with van der Waals surface area (Å²) in [6.45, 7) is 7.96. The van der Waals surface area contributed by atoms with Crippen molar-refractivity contribution < 1.29 is 0 Å². The van der Waals surface area contributed by atoms with Crippen LogP contribution in [-0.4, -0.2) is 24.0 Å². The summed E-state index contributed by atoms with van der Waals surface area (Å²) in [4.78, 5) is 2.65. The molecule has 120 valence electrons. The average Bonchev–Trinajstić information content (AvgIpc) is 3.17. The lowest BCUT2D eigenvalue weighted by Gasteiger charge is -2.35. The van der Waals surface area contributed by atoms with Crippen LogP contribution in [0.1, 0.15) is 50.3 Å². The molecule has 21 heavy (non-hydrogen) atoms. The van der Waals surface area contributed by atoms with Crippen molar-refractivity contribution in [3.05, 3.63) is 35.4 Å². The van der Waals surface area contributed by atoms with Gasteiger partial charge in [-0.3, -0.25) is 4.90 Å². The van der Waals surface area contributed by atoms with Gasteiger partial charge in [-0.2, -0.15) is 0 Å². The number of benzene rings is 1. The second kappa shape index (κ2) is 8.38. The fraction of sp³-hybridized carbons (Fsp3) is 0.647. The van der Waals surface area contributed by atoms with Crippen LogP contribution in [0.3, 0.4) is 0 Å². The van der Waals surface area contributed by atoms with Crippen LogP contribution in [0.25, 0.3) is 0 Å². The Bertz CT molecular complexity index is 431. The number of nitrogens with one attached hydrogen (secondary N) is 1. The summed E-state index contributed by atoms with van der Waals surface area (Å²) in [6.07, 6.45) is 4.27. The smallest absolute Gasteiger partial charge is 0.0484 e. The van der Waals surface area contributed by atoms with Crippen molar-refractivity contribution in [2.75, 3.05) is 13.1 Å². The summed E-state index contributed by atoms with van der Waals surface area (Å²) in [6, 6.07) is 10.2. The van der Waals surface area contributed by atoms with E-state index < -0.39 is 0 Å². The Morgan fingerprint density at radius 3 is 2.43 bits per heavy atom. The fourth-order valence-electron chi connectivity index (χ4n) is 3.56. The molecule has 1 aliphatic heterocycles. The third-order valence-electron chi connectivity index (χ3n) is 4.84. The van der Waals surface area contributed by atoms with Gasteiger partial charge in [0, 0.05) is 18.6 Å². The molecule has 0 saturated heterocycles. The summed E-state index contributed by atoms with van der Waals surface area (Å²) >= 11 is 0. The topological polar surface area (TPSA) is 15.3 Å². The molecule has 3 rings (SSSR count). The SMILES string of the molecule is CCN(CC)C(CC1CC1)C1NCc2ccccc21.Cl.Cl. The molecule has 1 aliphatic carbocycles. The Morgan fingerprint density at radius 1 is 1.14 bits per heavy atom. The van der Waals surface area contributed by atoms with E-state index in [0.29, 0.717) is 12.1 Å².